The first-order valence-electron chi connectivity index (χ1n) is 27.3. The van der Waals surface area contributed by atoms with E-state index in [0.29, 0.717) is 16.7 Å². The average Bonchev–Trinajstić information content (AvgIpc) is 4.11. The average molecular weight is 1180 g/mol. The molecule has 8 heteroatoms. The Morgan fingerprint density at radius 3 is 2.03 bits per heavy atom. The van der Waals surface area contributed by atoms with Gasteiger partial charge >= 0.3 is 6.18 Å². The molecule has 4 nitrogen and oxygen atoms in total. The van der Waals surface area contributed by atoms with Crippen LogP contribution in [0.4, 0.5) is 13.2 Å². The second-order valence-corrected chi connectivity index (χ2v) is 21.6. The summed E-state index contributed by atoms with van der Waals surface area (Å²) in [6.45, 7) is 15.6. The molecule has 0 atom stereocenters. The normalized spacial score (nSPS) is 15.3. The molecule has 0 unspecified atom stereocenters. The number of benzene rings is 7. The molecule has 1 aliphatic rings. The number of pyridine rings is 1. The van der Waals surface area contributed by atoms with Gasteiger partial charge in [-0.25, -0.2) is 0 Å². The maximum atomic E-state index is 13.1. The van der Waals surface area contributed by atoms with E-state index < -0.39 is 23.9 Å². The predicted molar refractivity (Wildman–Crippen MR) is 299 cm³/mol. The van der Waals surface area contributed by atoms with Gasteiger partial charge in [-0.15, -0.1) is 53.6 Å². The number of furan rings is 1. The van der Waals surface area contributed by atoms with Gasteiger partial charge in [0.2, 0.25) is 0 Å². The maximum absolute atomic E-state index is 13.1. The molecule has 1 radical (unpaired) electrons. The van der Waals surface area contributed by atoms with Crippen molar-refractivity contribution in [1.29, 1.82) is 0 Å². The van der Waals surface area contributed by atoms with Crippen LogP contribution in [0.15, 0.2) is 168 Å². The minimum absolute atomic E-state index is 0. The molecule has 1 fully saturated rings. The number of nitrogens with zero attached hydrogens (tertiary/aromatic N) is 3. The van der Waals surface area contributed by atoms with Gasteiger partial charge in [0.25, 0.3) is 0 Å². The fraction of sp³-hybridized carbons (Fsp3) is 0.284. The molecule has 1 saturated carbocycles. The summed E-state index contributed by atoms with van der Waals surface area (Å²) in [5.41, 5.74) is 13.0. The number of hydrogen-bond donors (Lipinski definition) is 0. The molecule has 75 heavy (non-hydrogen) atoms. The van der Waals surface area contributed by atoms with Gasteiger partial charge in [0.05, 0.1) is 27.9 Å². The van der Waals surface area contributed by atoms with Crippen LogP contribution in [-0.4, -0.2) is 20.7 Å². The van der Waals surface area contributed by atoms with Crippen LogP contribution in [0.2, 0.25) is 0 Å². The van der Waals surface area contributed by atoms with Crippen molar-refractivity contribution in [3.63, 3.8) is 0 Å². The minimum Gasteiger partial charge on any atom is -0.501 e. The molecule has 0 amide bonds. The van der Waals surface area contributed by atoms with Gasteiger partial charge in [0.1, 0.15) is 5.58 Å². The van der Waals surface area contributed by atoms with Crippen LogP contribution in [0.1, 0.15) is 125 Å². The third-order valence-corrected chi connectivity index (χ3v) is 14.7. The molecular formula is C67H64F3IrN3O-2. The fourth-order valence-electron chi connectivity index (χ4n) is 10.2. The second-order valence-electron chi connectivity index (χ2n) is 21.6. The summed E-state index contributed by atoms with van der Waals surface area (Å²) in [7, 11) is 0. The Bertz CT molecular complexity index is 3700. The van der Waals surface area contributed by atoms with Crippen LogP contribution in [0.25, 0.3) is 83.6 Å². The molecule has 0 saturated heterocycles. The summed E-state index contributed by atoms with van der Waals surface area (Å²) in [6, 6.07) is 59.1. The van der Waals surface area contributed by atoms with Crippen molar-refractivity contribution in [2.24, 2.45) is 10.8 Å². The second kappa shape index (κ2) is 21.6. The Morgan fingerprint density at radius 2 is 1.39 bits per heavy atom. The first-order chi connectivity index (χ1) is 36.6. The van der Waals surface area contributed by atoms with Crippen molar-refractivity contribution in [2.75, 3.05) is 0 Å². The quantitative estimate of drug-likeness (QED) is 0.128. The summed E-state index contributed by atoms with van der Waals surface area (Å²) in [6.07, 6.45) is -1.60. The zero-order valence-electron chi connectivity index (χ0n) is 46.8. The Hall–Kier alpha value is -6.60. The number of alkyl halides is 3. The Morgan fingerprint density at radius 1 is 0.733 bits per heavy atom. The molecule has 1 aliphatic carbocycles. The number of imidazole rings is 1. The van der Waals surface area contributed by atoms with E-state index in [9.17, 15) is 14.5 Å². The van der Waals surface area contributed by atoms with Gasteiger partial charge in [0, 0.05) is 41.5 Å². The molecule has 0 aliphatic heterocycles. The molecule has 7 aromatic carbocycles. The molecule has 11 rings (SSSR count). The van der Waals surface area contributed by atoms with Crippen LogP contribution in [0.5, 0.6) is 0 Å². The summed E-state index contributed by atoms with van der Waals surface area (Å²) in [5, 5.41) is 2.14. The van der Waals surface area contributed by atoms with Gasteiger partial charge in [-0.3, -0.25) is 4.98 Å². The summed E-state index contributed by atoms with van der Waals surface area (Å²) >= 11 is 0. The first kappa shape index (κ1) is 49.3. The smallest absolute Gasteiger partial charge is 0.393 e. The third kappa shape index (κ3) is 11.1. The van der Waals surface area contributed by atoms with E-state index in [-0.39, 0.29) is 37.5 Å². The number of hydrogen-bond acceptors (Lipinski definition) is 3. The molecule has 10 aromatic rings. The van der Waals surface area contributed by atoms with E-state index in [0.717, 1.165) is 101 Å². The number of fused-ring (bicyclic) bond motifs is 4. The zero-order chi connectivity index (χ0) is 54.7. The Balaban J connectivity index is 0.000000271. The molecule has 0 bridgehead atoms. The van der Waals surface area contributed by atoms with Crippen LogP contribution in [0, 0.1) is 23.0 Å². The SMILES string of the molecule is [2H]C([2H])(c1c[c-]c(-c2ccccn2)cc1)C(C)(C)C(F)(F)F.[2H]C1(c2ccc(-c3cc(C(C)C)c(-n4c(-c5[c-]ccc6c5oc5cc(-c7ccccc7)ccc56)nc5ccccc54)c(C(C)C)c3)cc2)CCC(C)(C)CC1.[Ir]. The van der Waals surface area contributed by atoms with E-state index in [1.807, 2.05) is 12.1 Å². The van der Waals surface area contributed by atoms with Crippen molar-refractivity contribution in [3.8, 4) is 50.6 Å². The Labute approximate surface area is 458 Å². The van der Waals surface area contributed by atoms with Gasteiger partial charge in [-0.05, 0) is 136 Å². The van der Waals surface area contributed by atoms with Gasteiger partial charge in [0.15, 0.2) is 0 Å². The van der Waals surface area contributed by atoms with Crippen molar-refractivity contribution >= 4 is 33.0 Å². The number of para-hydroxylation sites is 2. The maximum Gasteiger partial charge on any atom is 0.393 e. The summed E-state index contributed by atoms with van der Waals surface area (Å²) in [5.74, 6) is 0.800. The minimum atomic E-state index is -4.66. The zero-order valence-corrected chi connectivity index (χ0v) is 46.2. The summed E-state index contributed by atoms with van der Waals surface area (Å²) in [4.78, 5) is 9.47. The van der Waals surface area contributed by atoms with Gasteiger partial charge in [-0.1, -0.05) is 157 Å². The topological polar surface area (TPSA) is 43.9 Å². The number of aromatic nitrogens is 3. The van der Waals surface area contributed by atoms with E-state index >= 15 is 0 Å². The largest absolute Gasteiger partial charge is 0.501 e. The fourth-order valence-corrected chi connectivity index (χ4v) is 10.2. The molecule has 3 heterocycles. The molecule has 0 N–H and O–H groups in total. The van der Waals surface area contributed by atoms with E-state index in [2.05, 4.69) is 172 Å². The monoisotopic (exact) mass is 1180 g/mol. The third-order valence-electron chi connectivity index (χ3n) is 14.7. The first-order valence-corrected chi connectivity index (χ1v) is 25.8. The summed E-state index contributed by atoms with van der Waals surface area (Å²) < 4.78 is 73.6. The molecule has 3 aromatic heterocycles. The number of halogens is 3. The van der Waals surface area contributed by atoms with Gasteiger partial charge in [-0.2, -0.15) is 13.2 Å². The Kier molecular flexibility index (Phi) is 14.2. The standard InChI is InChI=1S/C51H49N2O.C16H15F3N.Ir/c1-32(2)43-29-39(36-21-19-35(20-22-36)37-25-27-51(5,6)28-26-37)30-44(33(3)4)48(43)53-46-18-11-10-17-45(46)52-50(53)42-16-12-15-41-40-24-23-38(31-47(40)54-49(41)42)34-13-8-7-9-14-34;1-15(2,16(17,18)19)11-12-6-8-13(9-7-12)14-5-3-4-10-20-14;/h7-15,17-24,29-33,37H,25-28H2,1-6H3;3-8,10H,11H2,1-2H3;/q2*-1;/i37D;11D2;. The van der Waals surface area contributed by atoms with Crippen molar-refractivity contribution < 1.29 is 41.8 Å². The van der Waals surface area contributed by atoms with Crippen LogP contribution in [0.3, 0.4) is 0 Å². The number of rotatable bonds is 10. The van der Waals surface area contributed by atoms with Crippen molar-refractivity contribution in [1.82, 2.24) is 14.5 Å². The van der Waals surface area contributed by atoms with Crippen LogP contribution >= 0.6 is 0 Å². The molecule has 385 valence electrons. The van der Waals surface area contributed by atoms with Gasteiger partial charge < -0.3 is 14.0 Å². The molecule has 0 spiro atoms. The van der Waals surface area contributed by atoms with E-state index in [4.69, 9.17) is 12.1 Å². The van der Waals surface area contributed by atoms with Crippen LogP contribution in [-0.2, 0) is 26.5 Å². The molecular weight excluding hydrogens is 1110 g/mol. The van der Waals surface area contributed by atoms with Crippen LogP contribution < -0.4 is 0 Å². The predicted octanol–water partition coefficient (Wildman–Crippen LogP) is 19.3. The van der Waals surface area contributed by atoms with Crippen molar-refractivity contribution in [2.45, 2.75) is 111 Å². The van der Waals surface area contributed by atoms with E-state index in [1.54, 1.807) is 24.4 Å². The van der Waals surface area contributed by atoms with Crippen molar-refractivity contribution in [3.05, 3.63) is 198 Å². The van der Waals surface area contributed by atoms with E-state index in [1.165, 1.54) is 46.1 Å².